The zero-order valence-corrected chi connectivity index (χ0v) is 19.2. The van der Waals surface area contributed by atoms with Gasteiger partial charge in [0.1, 0.15) is 11.6 Å². The first-order valence-electron chi connectivity index (χ1n) is 11.6. The van der Waals surface area contributed by atoms with E-state index in [-0.39, 0.29) is 23.0 Å². The van der Waals surface area contributed by atoms with E-state index < -0.39 is 0 Å². The van der Waals surface area contributed by atoms with Gasteiger partial charge in [0.25, 0.3) is 5.91 Å². The molecule has 7 heteroatoms. The Morgan fingerprint density at radius 1 is 0.879 bits per heavy atom. The van der Waals surface area contributed by atoms with Crippen LogP contribution in [-0.4, -0.2) is 79.4 Å². The smallest absolute Gasteiger partial charge is 0.253 e. The predicted molar refractivity (Wildman–Crippen MR) is 125 cm³/mol. The first-order chi connectivity index (χ1) is 15.9. The van der Waals surface area contributed by atoms with Crippen molar-refractivity contribution in [2.24, 2.45) is 5.41 Å². The molecule has 2 saturated heterocycles. The molecule has 2 aromatic carbocycles. The van der Waals surface area contributed by atoms with Gasteiger partial charge in [-0.15, -0.1) is 0 Å². The van der Waals surface area contributed by atoms with Crippen molar-refractivity contribution < 1.29 is 18.7 Å². The van der Waals surface area contributed by atoms with E-state index in [9.17, 15) is 14.0 Å². The minimum absolute atomic E-state index is 0.0223. The van der Waals surface area contributed by atoms with Crippen LogP contribution in [0.25, 0.3) is 0 Å². The van der Waals surface area contributed by atoms with Gasteiger partial charge in [-0.3, -0.25) is 9.59 Å². The van der Waals surface area contributed by atoms with E-state index in [1.807, 2.05) is 40.1 Å². The molecule has 2 fully saturated rings. The molecule has 4 rings (SSSR count). The number of hydrogen-bond acceptors (Lipinski definition) is 4. The fourth-order valence-corrected chi connectivity index (χ4v) is 4.58. The van der Waals surface area contributed by atoms with Gasteiger partial charge < -0.3 is 19.4 Å². The molecule has 176 valence electrons. The van der Waals surface area contributed by atoms with Crippen molar-refractivity contribution in [3.63, 3.8) is 0 Å². The van der Waals surface area contributed by atoms with E-state index in [1.54, 1.807) is 12.1 Å². The Labute approximate surface area is 194 Å². The number of benzene rings is 2. The lowest BCUT2D eigenvalue weighted by Crippen LogP contribution is -2.51. The summed E-state index contributed by atoms with van der Waals surface area (Å²) in [6, 6.07) is 15.3. The fraction of sp³-hybridized carbons (Fsp3) is 0.462. The molecule has 33 heavy (non-hydrogen) atoms. The average Bonchev–Trinajstić information content (AvgIpc) is 2.85. The zero-order valence-electron chi connectivity index (χ0n) is 19.2. The number of amides is 2. The van der Waals surface area contributed by atoms with E-state index >= 15 is 0 Å². The molecule has 0 spiro atoms. The van der Waals surface area contributed by atoms with Crippen molar-refractivity contribution in [2.45, 2.75) is 19.3 Å². The normalized spacial score (nSPS) is 18.7. The van der Waals surface area contributed by atoms with Gasteiger partial charge in [-0.05, 0) is 56.3 Å². The minimum Gasteiger partial charge on any atom is -0.493 e. The van der Waals surface area contributed by atoms with Crippen LogP contribution in [0.2, 0.25) is 0 Å². The highest BCUT2D eigenvalue weighted by Crippen LogP contribution is 2.37. The second-order valence-corrected chi connectivity index (χ2v) is 9.26. The SMILES string of the molecule is CN1CCN(C(=O)CC2(COc3ccc(F)cc3)CCN(C(=O)c3ccccc3)CC2)CC1. The van der Waals surface area contributed by atoms with Gasteiger partial charge in [-0.25, -0.2) is 4.39 Å². The fourth-order valence-electron chi connectivity index (χ4n) is 4.58. The zero-order chi connectivity index (χ0) is 23.3. The summed E-state index contributed by atoms with van der Waals surface area (Å²) >= 11 is 0. The molecule has 0 unspecified atom stereocenters. The number of piperazine rings is 1. The number of nitrogens with zero attached hydrogens (tertiary/aromatic N) is 3. The van der Waals surface area contributed by atoms with Crippen LogP contribution in [0.5, 0.6) is 5.75 Å². The number of carbonyl (C=O) groups is 2. The molecule has 2 aliphatic heterocycles. The summed E-state index contributed by atoms with van der Waals surface area (Å²) in [4.78, 5) is 32.1. The molecule has 2 amide bonds. The summed E-state index contributed by atoms with van der Waals surface area (Å²) in [5, 5.41) is 0. The van der Waals surface area contributed by atoms with Crippen LogP contribution in [-0.2, 0) is 4.79 Å². The number of piperidine rings is 1. The number of hydrogen-bond donors (Lipinski definition) is 0. The molecule has 0 saturated carbocycles. The summed E-state index contributed by atoms with van der Waals surface area (Å²) in [5.74, 6) is 0.448. The Morgan fingerprint density at radius 3 is 2.15 bits per heavy atom. The number of carbonyl (C=O) groups excluding carboxylic acids is 2. The van der Waals surface area contributed by atoms with Crippen LogP contribution >= 0.6 is 0 Å². The van der Waals surface area contributed by atoms with Crippen molar-refractivity contribution in [3.8, 4) is 5.75 Å². The molecule has 0 aliphatic carbocycles. The third-order valence-electron chi connectivity index (χ3n) is 6.87. The van der Waals surface area contributed by atoms with Crippen LogP contribution in [0.1, 0.15) is 29.6 Å². The van der Waals surface area contributed by atoms with Crippen molar-refractivity contribution in [2.75, 3.05) is 52.9 Å². The molecule has 2 aliphatic rings. The van der Waals surface area contributed by atoms with E-state index in [0.717, 1.165) is 26.2 Å². The van der Waals surface area contributed by atoms with Crippen molar-refractivity contribution in [3.05, 3.63) is 66.0 Å². The monoisotopic (exact) mass is 453 g/mol. The van der Waals surface area contributed by atoms with Gasteiger partial charge in [0.05, 0.1) is 6.61 Å². The Kier molecular flexibility index (Phi) is 7.28. The first kappa shape index (κ1) is 23.2. The van der Waals surface area contributed by atoms with Gasteiger partial charge >= 0.3 is 0 Å². The second kappa shape index (κ2) is 10.3. The van der Waals surface area contributed by atoms with E-state index in [4.69, 9.17) is 4.74 Å². The lowest BCUT2D eigenvalue weighted by Gasteiger charge is -2.42. The molecule has 6 nitrogen and oxygen atoms in total. The lowest BCUT2D eigenvalue weighted by molar-refractivity contribution is -0.136. The van der Waals surface area contributed by atoms with Gasteiger partial charge in [0.2, 0.25) is 5.91 Å². The molecular weight excluding hydrogens is 421 g/mol. The van der Waals surface area contributed by atoms with Gasteiger partial charge in [-0.1, -0.05) is 18.2 Å². The first-order valence-corrected chi connectivity index (χ1v) is 11.6. The Morgan fingerprint density at radius 2 is 1.52 bits per heavy atom. The summed E-state index contributed by atoms with van der Waals surface area (Å²) in [6.07, 6.45) is 1.77. The van der Waals surface area contributed by atoms with Crippen molar-refractivity contribution in [1.82, 2.24) is 14.7 Å². The highest BCUT2D eigenvalue weighted by Gasteiger charge is 2.40. The van der Waals surface area contributed by atoms with E-state index in [2.05, 4.69) is 11.9 Å². The number of rotatable bonds is 6. The van der Waals surface area contributed by atoms with E-state index in [1.165, 1.54) is 12.1 Å². The van der Waals surface area contributed by atoms with Crippen LogP contribution in [0.3, 0.4) is 0 Å². The number of halogens is 1. The van der Waals surface area contributed by atoms with Gasteiger partial charge in [0.15, 0.2) is 0 Å². The van der Waals surface area contributed by atoms with Gasteiger partial charge in [-0.2, -0.15) is 0 Å². The third-order valence-corrected chi connectivity index (χ3v) is 6.87. The maximum atomic E-state index is 13.3. The standard InChI is InChI=1S/C26H32FN3O3/c1-28-15-17-29(18-16-28)24(31)19-26(20-33-23-9-7-22(27)8-10-23)11-13-30(14-12-26)25(32)21-5-3-2-4-6-21/h2-10H,11-20H2,1H3. The van der Waals surface area contributed by atoms with Crippen molar-refractivity contribution in [1.29, 1.82) is 0 Å². The molecule has 0 N–H and O–H groups in total. The molecule has 2 aromatic rings. The Bertz CT molecular complexity index is 935. The largest absolute Gasteiger partial charge is 0.493 e. The van der Waals surface area contributed by atoms with Crippen molar-refractivity contribution >= 4 is 11.8 Å². The second-order valence-electron chi connectivity index (χ2n) is 9.26. The molecule has 2 heterocycles. The summed E-state index contributed by atoms with van der Waals surface area (Å²) in [6.45, 7) is 4.76. The highest BCUT2D eigenvalue weighted by molar-refractivity contribution is 5.94. The Hall–Kier alpha value is -2.93. The quantitative estimate of drug-likeness (QED) is 0.674. The summed E-state index contributed by atoms with van der Waals surface area (Å²) < 4.78 is 19.3. The Balaban J connectivity index is 1.44. The lowest BCUT2D eigenvalue weighted by atomic mass is 9.75. The molecule has 0 atom stereocenters. The molecule has 0 radical (unpaired) electrons. The number of ether oxygens (including phenoxy) is 1. The minimum atomic E-state index is -0.359. The number of likely N-dealkylation sites (N-methyl/N-ethyl adjacent to an activating group) is 1. The van der Waals surface area contributed by atoms with Crippen LogP contribution < -0.4 is 4.74 Å². The average molecular weight is 454 g/mol. The topological polar surface area (TPSA) is 53.1 Å². The van der Waals surface area contributed by atoms with Crippen LogP contribution in [0, 0.1) is 11.2 Å². The summed E-state index contributed by atoms with van der Waals surface area (Å²) in [7, 11) is 2.07. The maximum Gasteiger partial charge on any atom is 0.253 e. The van der Waals surface area contributed by atoms with E-state index in [0.29, 0.717) is 50.3 Å². The maximum absolute atomic E-state index is 13.3. The summed E-state index contributed by atoms with van der Waals surface area (Å²) in [5.41, 5.74) is 0.323. The molecule has 0 bridgehead atoms. The molecule has 0 aromatic heterocycles. The van der Waals surface area contributed by atoms with Crippen LogP contribution in [0.15, 0.2) is 54.6 Å². The highest BCUT2D eigenvalue weighted by atomic mass is 19.1. The number of likely N-dealkylation sites (tertiary alicyclic amines) is 1. The van der Waals surface area contributed by atoms with Crippen LogP contribution in [0.4, 0.5) is 4.39 Å². The predicted octanol–water partition coefficient (Wildman–Crippen LogP) is 3.29. The molecular formula is C26H32FN3O3. The van der Waals surface area contributed by atoms with Gasteiger partial charge in [0, 0.05) is 56.7 Å². The third kappa shape index (κ3) is 5.90.